The van der Waals surface area contributed by atoms with Gasteiger partial charge in [0, 0.05) is 11.1 Å². The quantitative estimate of drug-likeness (QED) is 0.354. The van der Waals surface area contributed by atoms with Crippen LogP contribution in [0.5, 0.6) is 0 Å². The van der Waals surface area contributed by atoms with E-state index in [-0.39, 0.29) is 16.4 Å². The van der Waals surface area contributed by atoms with Crippen LogP contribution in [0.25, 0.3) is 0 Å². The van der Waals surface area contributed by atoms with Gasteiger partial charge in [0.2, 0.25) is 11.8 Å². The third-order valence-corrected chi connectivity index (χ3v) is 5.34. The van der Waals surface area contributed by atoms with Gasteiger partial charge >= 0.3 is 0 Å². The van der Waals surface area contributed by atoms with Gasteiger partial charge in [0.05, 0.1) is 28.0 Å². The number of amides is 2. The second kappa shape index (κ2) is 4.43. The number of rotatable bonds is 2. The summed E-state index contributed by atoms with van der Waals surface area (Å²) in [5, 5.41) is 11.5. The molecule has 2 amide bonds. The van der Waals surface area contributed by atoms with Crippen molar-refractivity contribution in [3.63, 3.8) is 0 Å². The Hall–Kier alpha value is -2.25. The Labute approximate surface area is 142 Å². The topological polar surface area (TPSA) is 89.8 Å². The van der Waals surface area contributed by atoms with Crippen molar-refractivity contribution < 1.29 is 19.2 Å². The second-order valence-corrected chi connectivity index (χ2v) is 7.10. The number of carbonyl (C=O) groups excluding carboxylic acids is 2. The summed E-state index contributed by atoms with van der Waals surface area (Å²) in [6.07, 6.45) is 3.58. The fraction of sp³-hybridized carbons (Fsp3) is 0.375. The second-order valence-electron chi connectivity index (χ2n) is 6.66. The van der Waals surface area contributed by atoms with Crippen LogP contribution in [-0.2, 0) is 14.3 Å². The van der Waals surface area contributed by atoms with Crippen LogP contribution in [0.1, 0.15) is 13.8 Å². The van der Waals surface area contributed by atoms with Crippen molar-refractivity contribution in [1.82, 2.24) is 0 Å². The predicted molar refractivity (Wildman–Crippen MR) is 84.6 cm³/mol. The molecule has 2 bridgehead atoms. The molecule has 0 radical (unpaired) electrons. The predicted octanol–water partition coefficient (Wildman–Crippen LogP) is 2.47. The van der Waals surface area contributed by atoms with Gasteiger partial charge in [0.15, 0.2) is 0 Å². The molecule has 0 aromatic heterocycles. The summed E-state index contributed by atoms with van der Waals surface area (Å²) < 4.78 is 5.90. The van der Waals surface area contributed by atoms with Crippen LogP contribution >= 0.6 is 11.6 Å². The maximum Gasteiger partial charge on any atom is 0.294 e. The van der Waals surface area contributed by atoms with E-state index in [9.17, 15) is 19.7 Å². The van der Waals surface area contributed by atoms with Crippen LogP contribution < -0.4 is 4.90 Å². The lowest BCUT2D eigenvalue weighted by atomic mass is 9.73. The number of fused-ring (bicyclic) bond motifs is 5. The van der Waals surface area contributed by atoms with Crippen molar-refractivity contribution >= 4 is 34.8 Å². The number of ether oxygens (including phenoxy) is 1. The normalized spacial score (nSPS) is 36.5. The first-order valence-corrected chi connectivity index (χ1v) is 7.78. The highest BCUT2D eigenvalue weighted by molar-refractivity contribution is 6.31. The number of hydrogen-bond acceptors (Lipinski definition) is 5. The summed E-state index contributed by atoms with van der Waals surface area (Å²) in [5.41, 5.74) is -2.18. The standard InChI is InChI=1S/C16H13ClN2O5/c1-15-5-6-16(2,24-15)12-11(15)13(20)18(14(12)21)9-4-3-8(17)7-10(9)19(22)23/h3-7,11-12H,1-2H3/t11-,12-,15-,16+/m0/s1. The van der Waals surface area contributed by atoms with Crippen molar-refractivity contribution in [2.75, 3.05) is 4.90 Å². The molecule has 7 nitrogen and oxygen atoms in total. The van der Waals surface area contributed by atoms with Gasteiger partial charge in [-0.15, -0.1) is 0 Å². The van der Waals surface area contributed by atoms with Crippen molar-refractivity contribution in [2.24, 2.45) is 11.8 Å². The minimum atomic E-state index is -0.873. The Morgan fingerprint density at radius 1 is 1.17 bits per heavy atom. The van der Waals surface area contributed by atoms with Gasteiger partial charge in [-0.2, -0.15) is 0 Å². The van der Waals surface area contributed by atoms with E-state index in [1.807, 2.05) is 0 Å². The fourth-order valence-electron chi connectivity index (χ4n) is 4.10. The lowest BCUT2D eigenvalue weighted by Crippen LogP contribution is -2.39. The highest BCUT2D eigenvalue weighted by Gasteiger charge is 2.70. The molecule has 3 aliphatic rings. The van der Waals surface area contributed by atoms with Gasteiger partial charge in [-0.3, -0.25) is 19.7 Å². The number of hydrogen-bond donors (Lipinski definition) is 0. The number of carbonyl (C=O) groups is 2. The molecule has 1 aromatic rings. The van der Waals surface area contributed by atoms with E-state index in [4.69, 9.17) is 16.3 Å². The van der Waals surface area contributed by atoms with Gasteiger partial charge in [0.25, 0.3) is 5.69 Å². The van der Waals surface area contributed by atoms with Crippen LogP contribution in [0.4, 0.5) is 11.4 Å². The minimum Gasteiger partial charge on any atom is -0.359 e. The fourth-order valence-corrected chi connectivity index (χ4v) is 4.27. The van der Waals surface area contributed by atoms with Crippen molar-refractivity contribution in [3.05, 3.63) is 45.5 Å². The molecule has 4 rings (SSSR count). The average Bonchev–Trinajstić information content (AvgIpc) is 3.04. The summed E-state index contributed by atoms with van der Waals surface area (Å²) in [5.74, 6) is -2.33. The van der Waals surface area contributed by atoms with Gasteiger partial charge in [-0.25, -0.2) is 4.90 Å². The molecular formula is C16H13ClN2O5. The molecule has 0 spiro atoms. The summed E-state index contributed by atoms with van der Waals surface area (Å²) in [6, 6.07) is 3.89. The Balaban J connectivity index is 1.85. The first-order valence-electron chi connectivity index (χ1n) is 7.40. The number of anilines is 1. The van der Waals surface area contributed by atoms with Crippen LogP contribution in [0.15, 0.2) is 30.4 Å². The van der Waals surface area contributed by atoms with E-state index in [1.54, 1.807) is 26.0 Å². The van der Waals surface area contributed by atoms with E-state index >= 15 is 0 Å². The zero-order valence-corrected chi connectivity index (χ0v) is 13.6. The van der Waals surface area contributed by atoms with Crippen LogP contribution in [0.3, 0.4) is 0 Å². The molecular weight excluding hydrogens is 336 g/mol. The number of nitro benzene ring substituents is 1. The molecule has 0 N–H and O–H groups in total. The Bertz CT molecular complexity index is 817. The van der Waals surface area contributed by atoms with Gasteiger partial charge < -0.3 is 4.74 Å². The molecule has 124 valence electrons. The van der Waals surface area contributed by atoms with E-state index in [1.165, 1.54) is 12.1 Å². The molecule has 2 saturated heterocycles. The van der Waals surface area contributed by atoms with Crippen LogP contribution in [-0.4, -0.2) is 27.9 Å². The Morgan fingerprint density at radius 3 is 2.21 bits per heavy atom. The number of nitro groups is 1. The maximum absolute atomic E-state index is 12.9. The summed E-state index contributed by atoms with van der Waals surface area (Å²) in [4.78, 5) is 37.4. The summed E-state index contributed by atoms with van der Waals surface area (Å²) in [7, 11) is 0. The highest BCUT2D eigenvalue weighted by Crippen LogP contribution is 2.57. The summed E-state index contributed by atoms with van der Waals surface area (Å²) >= 11 is 5.81. The third kappa shape index (κ3) is 1.71. The molecule has 1 aromatic carbocycles. The van der Waals surface area contributed by atoms with Crippen molar-refractivity contribution in [2.45, 2.75) is 25.0 Å². The third-order valence-electron chi connectivity index (χ3n) is 5.10. The van der Waals surface area contributed by atoms with E-state index < -0.39 is 39.8 Å². The molecule has 3 heterocycles. The van der Waals surface area contributed by atoms with E-state index in [0.29, 0.717) is 0 Å². The molecule has 4 atom stereocenters. The lowest BCUT2D eigenvalue weighted by Gasteiger charge is -2.25. The number of nitrogens with zero attached hydrogens (tertiary/aromatic N) is 2. The lowest BCUT2D eigenvalue weighted by molar-refractivity contribution is -0.384. The number of halogens is 1. The minimum absolute atomic E-state index is 0.0552. The maximum atomic E-state index is 12.9. The first-order chi connectivity index (χ1) is 11.2. The zero-order chi connectivity index (χ0) is 17.4. The first kappa shape index (κ1) is 15.3. The Kier molecular flexibility index (Phi) is 2.82. The molecule has 24 heavy (non-hydrogen) atoms. The highest BCUT2D eigenvalue weighted by atomic mass is 35.5. The smallest absolute Gasteiger partial charge is 0.294 e. The number of imide groups is 1. The monoisotopic (exact) mass is 348 g/mol. The molecule has 3 aliphatic heterocycles. The van der Waals surface area contributed by atoms with Gasteiger partial charge in [-0.05, 0) is 26.0 Å². The molecule has 8 heteroatoms. The van der Waals surface area contributed by atoms with E-state index in [0.717, 1.165) is 11.0 Å². The largest absolute Gasteiger partial charge is 0.359 e. The van der Waals surface area contributed by atoms with Crippen LogP contribution in [0, 0.1) is 22.0 Å². The zero-order valence-electron chi connectivity index (χ0n) is 12.9. The van der Waals surface area contributed by atoms with Crippen molar-refractivity contribution in [3.8, 4) is 0 Å². The van der Waals surface area contributed by atoms with Crippen LogP contribution in [0.2, 0.25) is 5.02 Å². The molecule has 0 unspecified atom stereocenters. The molecule has 2 fully saturated rings. The van der Waals surface area contributed by atoms with Gasteiger partial charge in [0.1, 0.15) is 5.69 Å². The SMILES string of the molecule is C[C@]12C=C[C@](C)(O1)[C@@H]1C(=O)N(c3ccc(Cl)cc3[N+](=O)[O-])C(=O)[C@H]12. The summed E-state index contributed by atoms with van der Waals surface area (Å²) in [6.45, 7) is 3.51. The van der Waals surface area contributed by atoms with E-state index in [2.05, 4.69) is 0 Å². The molecule has 0 aliphatic carbocycles. The average molecular weight is 349 g/mol. The number of benzene rings is 1. The van der Waals surface area contributed by atoms with Crippen molar-refractivity contribution in [1.29, 1.82) is 0 Å². The molecule has 0 saturated carbocycles. The van der Waals surface area contributed by atoms with Gasteiger partial charge in [-0.1, -0.05) is 23.8 Å². The Morgan fingerprint density at radius 2 is 1.71 bits per heavy atom.